The van der Waals surface area contributed by atoms with E-state index >= 15 is 4.39 Å². The van der Waals surface area contributed by atoms with Crippen LogP contribution >= 0.6 is 11.3 Å². The standard InChI is InChI=1S/C30H30FN7S/c1-4-8-22(24-11-7-12-39-24)28-18(3)37-30(38-28)27(32)25-26(31)23(16-35-29(25)33)20-13-21(15-34-14-20)36-17(2)19-9-5-6-10-19/h4,7-8,11-16,19,32,36H,1-2,5-6,9-10H2,3H3,(H2,33,35)(H,37,38)/b22-8-,32-27?. The lowest BCUT2D eigenvalue weighted by Crippen LogP contribution is -2.13. The highest BCUT2D eigenvalue weighted by Gasteiger charge is 2.24. The number of pyridine rings is 2. The predicted molar refractivity (Wildman–Crippen MR) is 157 cm³/mol. The zero-order chi connectivity index (χ0) is 27.5. The number of hydrogen-bond acceptors (Lipinski definition) is 7. The van der Waals surface area contributed by atoms with Gasteiger partial charge in [0.1, 0.15) is 17.3 Å². The molecule has 4 aromatic rings. The van der Waals surface area contributed by atoms with Gasteiger partial charge in [0, 0.05) is 45.4 Å². The summed E-state index contributed by atoms with van der Waals surface area (Å²) >= 11 is 1.57. The fourth-order valence-corrected chi connectivity index (χ4v) is 5.70. The lowest BCUT2D eigenvalue weighted by atomic mass is 10.0. The van der Waals surface area contributed by atoms with E-state index in [9.17, 15) is 0 Å². The van der Waals surface area contributed by atoms with Crippen molar-refractivity contribution in [3.63, 3.8) is 0 Å². The number of nitrogen functional groups attached to an aromatic ring is 1. The van der Waals surface area contributed by atoms with Gasteiger partial charge in [-0.3, -0.25) is 10.4 Å². The molecule has 198 valence electrons. The summed E-state index contributed by atoms with van der Waals surface area (Å²) in [7, 11) is 0. The SMILES string of the molecule is C=C/C=C(/c1cccs1)c1nc(C(=N)c2c(N)ncc(-c3cncc(NC(=C)C4CCCC4)c3)c2F)[nH]c1C. The first-order valence-corrected chi connectivity index (χ1v) is 13.6. The average Bonchev–Trinajstić information content (AvgIpc) is 3.70. The lowest BCUT2D eigenvalue weighted by Gasteiger charge is -2.16. The Kier molecular flexibility index (Phi) is 7.51. The molecule has 5 N–H and O–H groups in total. The molecule has 1 aliphatic rings. The summed E-state index contributed by atoms with van der Waals surface area (Å²) in [6.45, 7) is 9.87. The highest BCUT2D eigenvalue weighted by atomic mass is 32.1. The fraction of sp³-hybridized carbons (Fsp3) is 0.200. The average molecular weight is 540 g/mol. The van der Waals surface area contributed by atoms with Crippen LogP contribution in [0.15, 0.2) is 73.2 Å². The van der Waals surface area contributed by atoms with Crippen LogP contribution in [0, 0.1) is 24.1 Å². The second-order valence-corrected chi connectivity index (χ2v) is 10.5. The molecular formula is C30H30FN7S. The molecule has 0 unspecified atom stereocenters. The van der Waals surface area contributed by atoms with Gasteiger partial charge in [-0.2, -0.15) is 0 Å². The third-order valence-corrected chi connectivity index (χ3v) is 7.85. The van der Waals surface area contributed by atoms with Crippen molar-refractivity contribution in [2.75, 3.05) is 11.1 Å². The number of H-pyrrole nitrogens is 1. The molecule has 1 aliphatic carbocycles. The first-order valence-electron chi connectivity index (χ1n) is 12.8. The summed E-state index contributed by atoms with van der Waals surface area (Å²) in [5, 5.41) is 14.2. The lowest BCUT2D eigenvalue weighted by molar-refractivity contribution is 0.627. The number of allylic oxidation sites excluding steroid dienone is 3. The summed E-state index contributed by atoms with van der Waals surface area (Å²) in [6.07, 6.45) is 12.8. The maximum Gasteiger partial charge on any atom is 0.157 e. The minimum absolute atomic E-state index is 0.0891. The van der Waals surface area contributed by atoms with E-state index in [4.69, 9.17) is 11.1 Å². The molecule has 0 amide bonds. The summed E-state index contributed by atoms with van der Waals surface area (Å²) in [5.74, 6) is -0.121. The van der Waals surface area contributed by atoms with Crippen molar-refractivity contribution < 1.29 is 4.39 Å². The highest BCUT2D eigenvalue weighted by molar-refractivity contribution is 7.11. The molecule has 1 fully saturated rings. The zero-order valence-corrected chi connectivity index (χ0v) is 22.5. The van der Waals surface area contributed by atoms with Crippen LogP contribution < -0.4 is 11.1 Å². The van der Waals surface area contributed by atoms with Gasteiger partial charge >= 0.3 is 0 Å². The van der Waals surface area contributed by atoms with E-state index in [0.717, 1.165) is 40.4 Å². The van der Waals surface area contributed by atoms with Crippen molar-refractivity contribution in [2.24, 2.45) is 5.92 Å². The minimum atomic E-state index is -0.656. The van der Waals surface area contributed by atoms with Crippen LogP contribution in [0.3, 0.4) is 0 Å². The molecule has 0 saturated heterocycles. The van der Waals surface area contributed by atoms with Gasteiger partial charge in [-0.05, 0) is 43.2 Å². The minimum Gasteiger partial charge on any atom is -0.383 e. The molecule has 4 heterocycles. The van der Waals surface area contributed by atoms with Crippen molar-refractivity contribution in [2.45, 2.75) is 32.6 Å². The zero-order valence-electron chi connectivity index (χ0n) is 21.7. The molecule has 0 bridgehead atoms. The van der Waals surface area contributed by atoms with Crippen LogP contribution in [0.4, 0.5) is 15.9 Å². The number of rotatable bonds is 9. The number of anilines is 2. The van der Waals surface area contributed by atoms with Gasteiger partial charge in [0.05, 0.1) is 23.1 Å². The van der Waals surface area contributed by atoms with E-state index in [1.807, 2.05) is 30.5 Å². The van der Waals surface area contributed by atoms with Gasteiger partial charge in [0.2, 0.25) is 0 Å². The third-order valence-electron chi connectivity index (χ3n) is 6.94. The van der Waals surface area contributed by atoms with Crippen LogP contribution in [0.25, 0.3) is 16.7 Å². The Morgan fingerprint density at radius 2 is 2.08 bits per heavy atom. The van der Waals surface area contributed by atoms with Crippen LogP contribution in [-0.4, -0.2) is 25.6 Å². The maximum atomic E-state index is 16.0. The highest BCUT2D eigenvalue weighted by Crippen LogP contribution is 2.33. The molecule has 0 atom stereocenters. The molecule has 39 heavy (non-hydrogen) atoms. The number of halogens is 1. The van der Waals surface area contributed by atoms with E-state index in [1.165, 1.54) is 19.0 Å². The number of aromatic nitrogens is 4. The Morgan fingerprint density at radius 1 is 1.28 bits per heavy atom. The van der Waals surface area contributed by atoms with Crippen molar-refractivity contribution in [3.05, 3.63) is 107 Å². The Labute approximate surface area is 231 Å². The van der Waals surface area contributed by atoms with Gasteiger partial charge in [0.25, 0.3) is 0 Å². The molecule has 0 aromatic carbocycles. The van der Waals surface area contributed by atoms with E-state index in [2.05, 4.69) is 38.4 Å². The molecule has 0 spiro atoms. The normalized spacial score (nSPS) is 13.9. The first kappa shape index (κ1) is 26.2. The number of hydrogen-bond donors (Lipinski definition) is 4. The number of aryl methyl sites for hydroxylation is 1. The molecule has 5 rings (SSSR count). The fourth-order valence-electron chi connectivity index (χ4n) is 4.95. The number of nitrogens with two attached hydrogens (primary N) is 1. The molecule has 7 nitrogen and oxygen atoms in total. The quantitative estimate of drug-likeness (QED) is 0.134. The topological polar surface area (TPSA) is 116 Å². The number of imidazole rings is 1. The Hall–Kier alpha value is -4.37. The van der Waals surface area contributed by atoms with Gasteiger partial charge in [-0.25, -0.2) is 14.4 Å². The van der Waals surface area contributed by atoms with Crippen molar-refractivity contribution in [3.8, 4) is 11.1 Å². The monoisotopic (exact) mass is 539 g/mol. The summed E-state index contributed by atoms with van der Waals surface area (Å²) in [6, 6.07) is 5.75. The van der Waals surface area contributed by atoms with Crippen LogP contribution in [0.5, 0.6) is 0 Å². The van der Waals surface area contributed by atoms with Crippen molar-refractivity contribution in [1.29, 1.82) is 5.41 Å². The number of thiophene rings is 1. The van der Waals surface area contributed by atoms with Crippen molar-refractivity contribution >= 4 is 34.1 Å². The third kappa shape index (κ3) is 5.31. The van der Waals surface area contributed by atoms with E-state index in [0.29, 0.717) is 17.2 Å². The maximum absolute atomic E-state index is 16.0. The summed E-state index contributed by atoms with van der Waals surface area (Å²) in [5.41, 5.74) is 10.4. The van der Waals surface area contributed by atoms with Crippen LogP contribution in [0.1, 0.15) is 53.3 Å². The van der Waals surface area contributed by atoms with E-state index in [1.54, 1.807) is 35.9 Å². The predicted octanol–water partition coefficient (Wildman–Crippen LogP) is 7.11. The Balaban J connectivity index is 1.47. The van der Waals surface area contributed by atoms with E-state index < -0.39 is 5.82 Å². The molecule has 0 radical (unpaired) electrons. The largest absolute Gasteiger partial charge is 0.383 e. The Morgan fingerprint density at radius 3 is 2.79 bits per heavy atom. The molecule has 1 saturated carbocycles. The number of nitrogens with zero attached hydrogens (tertiary/aromatic N) is 3. The van der Waals surface area contributed by atoms with Gasteiger partial charge in [-0.15, -0.1) is 11.3 Å². The van der Waals surface area contributed by atoms with Crippen LogP contribution in [0.2, 0.25) is 0 Å². The Bertz CT molecular complexity index is 1580. The summed E-state index contributed by atoms with van der Waals surface area (Å²) < 4.78 is 16.0. The molecular weight excluding hydrogens is 509 g/mol. The second-order valence-electron chi connectivity index (χ2n) is 9.57. The second kappa shape index (κ2) is 11.2. The van der Waals surface area contributed by atoms with Gasteiger partial charge < -0.3 is 16.0 Å². The van der Waals surface area contributed by atoms with E-state index in [-0.39, 0.29) is 28.5 Å². The molecule has 9 heteroatoms. The molecule has 4 aromatic heterocycles. The number of nitrogens with one attached hydrogen (secondary N) is 3. The smallest absolute Gasteiger partial charge is 0.157 e. The van der Waals surface area contributed by atoms with Crippen LogP contribution in [-0.2, 0) is 0 Å². The summed E-state index contributed by atoms with van der Waals surface area (Å²) in [4.78, 5) is 17.3. The number of aromatic amines is 1. The molecule has 0 aliphatic heterocycles. The first-order chi connectivity index (χ1) is 18.9. The van der Waals surface area contributed by atoms with Gasteiger partial charge in [0.15, 0.2) is 5.82 Å². The van der Waals surface area contributed by atoms with Crippen molar-refractivity contribution in [1.82, 2.24) is 19.9 Å². The van der Waals surface area contributed by atoms with Gasteiger partial charge in [-0.1, -0.05) is 44.2 Å².